The summed E-state index contributed by atoms with van der Waals surface area (Å²) in [7, 11) is -3.79. The van der Waals surface area contributed by atoms with Gasteiger partial charge in [0, 0.05) is 16.6 Å². The van der Waals surface area contributed by atoms with Crippen LogP contribution in [0.5, 0.6) is 5.75 Å². The Bertz CT molecular complexity index is 871. The summed E-state index contributed by atoms with van der Waals surface area (Å²) in [4.78, 5) is 11.9. The van der Waals surface area contributed by atoms with Crippen LogP contribution in [0.25, 0.3) is 0 Å². The summed E-state index contributed by atoms with van der Waals surface area (Å²) in [5, 5.41) is 3.51. The third-order valence-electron chi connectivity index (χ3n) is 3.36. The molecular weight excluding hydrogens is 399 g/mol. The third-order valence-corrected chi connectivity index (χ3v) is 5.36. The maximum absolute atomic E-state index is 12.2. The number of nitrogens with one attached hydrogen (secondary N) is 2. The van der Waals surface area contributed by atoms with Crippen LogP contribution in [0.3, 0.4) is 0 Å². The molecule has 2 N–H and O–H groups in total. The summed E-state index contributed by atoms with van der Waals surface area (Å²) >= 11 is 11.8. The zero-order valence-electron chi connectivity index (χ0n) is 14.0. The SMILES string of the molecule is CCOc1ccc(S(=O)(=O)NCC(=O)NCc2ccc(Cl)cc2Cl)cc1. The topological polar surface area (TPSA) is 84.5 Å². The number of halogens is 2. The Morgan fingerprint density at radius 1 is 1.12 bits per heavy atom. The number of ether oxygens (including phenoxy) is 1. The molecule has 0 aromatic heterocycles. The Morgan fingerprint density at radius 3 is 2.42 bits per heavy atom. The molecular formula is C17H18Cl2N2O4S. The molecule has 0 aliphatic rings. The lowest BCUT2D eigenvalue weighted by molar-refractivity contribution is -0.120. The molecule has 0 atom stereocenters. The number of carbonyl (C=O) groups is 1. The van der Waals surface area contributed by atoms with E-state index in [4.69, 9.17) is 27.9 Å². The van der Waals surface area contributed by atoms with Gasteiger partial charge in [0.1, 0.15) is 5.75 Å². The van der Waals surface area contributed by atoms with Crippen LogP contribution in [0.1, 0.15) is 12.5 Å². The maximum Gasteiger partial charge on any atom is 0.241 e. The number of carbonyl (C=O) groups excluding carboxylic acids is 1. The molecule has 0 aliphatic carbocycles. The molecule has 9 heteroatoms. The molecule has 1 amide bonds. The van der Waals surface area contributed by atoms with E-state index in [2.05, 4.69) is 10.0 Å². The first-order chi connectivity index (χ1) is 12.3. The second-order valence-electron chi connectivity index (χ2n) is 5.24. The standard InChI is InChI=1S/C17H18Cl2N2O4S/c1-2-25-14-5-7-15(8-6-14)26(23,24)21-11-17(22)20-10-12-3-4-13(18)9-16(12)19/h3-9,21H,2,10-11H2,1H3,(H,20,22). The predicted octanol–water partition coefficient (Wildman–Crippen LogP) is 2.99. The summed E-state index contributed by atoms with van der Waals surface area (Å²) in [5.74, 6) is 0.0922. The number of hydrogen-bond donors (Lipinski definition) is 2. The van der Waals surface area contributed by atoms with Crippen molar-refractivity contribution in [2.24, 2.45) is 0 Å². The fourth-order valence-corrected chi connectivity index (χ4v) is 3.50. The van der Waals surface area contributed by atoms with E-state index >= 15 is 0 Å². The Hall–Kier alpha value is -1.80. The monoisotopic (exact) mass is 416 g/mol. The van der Waals surface area contributed by atoms with Gasteiger partial charge in [0.25, 0.3) is 0 Å². The van der Waals surface area contributed by atoms with E-state index in [9.17, 15) is 13.2 Å². The molecule has 0 spiro atoms. The summed E-state index contributed by atoms with van der Waals surface area (Å²) in [6.45, 7) is 2.10. The molecule has 0 aliphatic heterocycles. The van der Waals surface area contributed by atoms with Crippen LogP contribution in [0.2, 0.25) is 10.0 Å². The summed E-state index contributed by atoms with van der Waals surface area (Å²) in [6.07, 6.45) is 0. The largest absolute Gasteiger partial charge is 0.494 e. The molecule has 26 heavy (non-hydrogen) atoms. The van der Waals surface area contributed by atoms with Crippen molar-refractivity contribution in [3.8, 4) is 5.75 Å². The quantitative estimate of drug-likeness (QED) is 0.692. The molecule has 0 saturated carbocycles. The van der Waals surface area contributed by atoms with Crippen LogP contribution in [0, 0.1) is 0 Å². The zero-order valence-corrected chi connectivity index (χ0v) is 16.3. The maximum atomic E-state index is 12.2. The van der Waals surface area contributed by atoms with Gasteiger partial charge < -0.3 is 10.1 Å². The van der Waals surface area contributed by atoms with Gasteiger partial charge in [-0.3, -0.25) is 4.79 Å². The molecule has 6 nitrogen and oxygen atoms in total. The molecule has 0 radical (unpaired) electrons. The Morgan fingerprint density at radius 2 is 1.81 bits per heavy atom. The average Bonchev–Trinajstić information content (AvgIpc) is 2.60. The molecule has 2 rings (SSSR count). The second-order valence-corrected chi connectivity index (χ2v) is 7.85. The smallest absolute Gasteiger partial charge is 0.241 e. The molecule has 0 unspecified atom stereocenters. The van der Waals surface area contributed by atoms with Crippen molar-refractivity contribution in [1.82, 2.24) is 10.0 Å². The lowest BCUT2D eigenvalue weighted by Gasteiger charge is -2.10. The number of rotatable bonds is 8. The van der Waals surface area contributed by atoms with Crippen molar-refractivity contribution in [3.05, 3.63) is 58.1 Å². The van der Waals surface area contributed by atoms with Gasteiger partial charge in [0.05, 0.1) is 18.0 Å². The summed E-state index contributed by atoms with van der Waals surface area (Å²) < 4.78 is 31.9. The van der Waals surface area contributed by atoms with Crippen LogP contribution < -0.4 is 14.8 Å². The van der Waals surface area contributed by atoms with E-state index in [1.807, 2.05) is 6.92 Å². The summed E-state index contributed by atoms with van der Waals surface area (Å²) in [5.41, 5.74) is 0.679. The molecule has 0 heterocycles. The van der Waals surface area contributed by atoms with Gasteiger partial charge in [0.2, 0.25) is 15.9 Å². The fraction of sp³-hybridized carbons (Fsp3) is 0.235. The van der Waals surface area contributed by atoms with Crippen LogP contribution in [0.15, 0.2) is 47.4 Å². The van der Waals surface area contributed by atoms with Gasteiger partial charge >= 0.3 is 0 Å². The van der Waals surface area contributed by atoms with Crippen molar-refractivity contribution in [3.63, 3.8) is 0 Å². The molecule has 0 bridgehead atoms. The van der Waals surface area contributed by atoms with Gasteiger partial charge in [-0.15, -0.1) is 0 Å². The van der Waals surface area contributed by atoms with Crippen molar-refractivity contribution in [2.45, 2.75) is 18.4 Å². The number of benzene rings is 2. The normalized spacial score (nSPS) is 11.2. The highest BCUT2D eigenvalue weighted by Crippen LogP contribution is 2.20. The number of hydrogen-bond acceptors (Lipinski definition) is 4. The van der Waals surface area contributed by atoms with Crippen LogP contribution in [-0.2, 0) is 21.4 Å². The highest BCUT2D eigenvalue weighted by atomic mass is 35.5. The van der Waals surface area contributed by atoms with E-state index in [0.29, 0.717) is 28.0 Å². The lowest BCUT2D eigenvalue weighted by Crippen LogP contribution is -2.36. The van der Waals surface area contributed by atoms with Gasteiger partial charge in [-0.2, -0.15) is 0 Å². The molecule has 2 aromatic rings. The third kappa shape index (κ3) is 5.88. The molecule has 0 saturated heterocycles. The Kier molecular flexibility index (Phi) is 7.28. The van der Waals surface area contributed by atoms with E-state index in [1.165, 1.54) is 12.1 Å². The van der Waals surface area contributed by atoms with Crippen LogP contribution >= 0.6 is 23.2 Å². The minimum atomic E-state index is -3.79. The van der Waals surface area contributed by atoms with Crippen molar-refractivity contribution < 1.29 is 17.9 Å². The minimum absolute atomic E-state index is 0.0505. The first kappa shape index (κ1) is 20.5. The van der Waals surface area contributed by atoms with Gasteiger partial charge in [-0.1, -0.05) is 29.3 Å². The van der Waals surface area contributed by atoms with Gasteiger partial charge in [-0.05, 0) is 48.9 Å². The highest BCUT2D eigenvalue weighted by Gasteiger charge is 2.15. The van der Waals surface area contributed by atoms with Crippen molar-refractivity contribution in [2.75, 3.05) is 13.2 Å². The average molecular weight is 417 g/mol. The number of amides is 1. The highest BCUT2D eigenvalue weighted by molar-refractivity contribution is 7.89. The molecule has 140 valence electrons. The minimum Gasteiger partial charge on any atom is -0.494 e. The zero-order chi connectivity index (χ0) is 19.2. The van der Waals surface area contributed by atoms with Gasteiger partial charge in [0.15, 0.2) is 0 Å². The van der Waals surface area contributed by atoms with E-state index < -0.39 is 15.9 Å². The molecule has 0 fully saturated rings. The Labute approximate surface area is 162 Å². The predicted molar refractivity (Wildman–Crippen MR) is 101 cm³/mol. The van der Waals surface area contributed by atoms with Crippen molar-refractivity contribution in [1.29, 1.82) is 0 Å². The van der Waals surface area contributed by atoms with E-state index in [1.54, 1.807) is 30.3 Å². The first-order valence-corrected chi connectivity index (χ1v) is 9.99. The van der Waals surface area contributed by atoms with E-state index in [-0.39, 0.29) is 18.0 Å². The Balaban J connectivity index is 1.89. The summed E-state index contributed by atoms with van der Waals surface area (Å²) in [6, 6.07) is 10.9. The van der Waals surface area contributed by atoms with Gasteiger partial charge in [-0.25, -0.2) is 13.1 Å². The lowest BCUT2D eigenvalue weighted by atomic mass is 10.2. The van der Waals surface area contributed by atoms with E-state index in [0.717, 1.165) is 0 Å². The molecule has 2 aromatic carbocycles. The first-order valence-electron chi connectivity index (χ1n) is 7.75. The number of sulfonamides is 1. The fourth-order valence-electron chi connectivity index (χ4n) is 2.05. The van der Waals surface area contributed by atoms with Crippen LogP contribution in [0.4, 0.5) is 0 Å². The van der Waals surface area contributed by atoms with Crippen LogP contribution in [-0.4, -0.2) is 27.5 Å². The van der Waals surface area contributed by atoms with Crippen molar-refractivity contribution >= 4 is 39.1 Å². The second kappa shape index (κ2) is 9.23.